The minimum Gasteiger partial charge on any atom is -0.316 e. The van der Waals surface area contributed by atoms with E-state index in [0.29, 0.717) is 11.2 Å². The van der Waals surface area contributed by atoms with Gasteiger partial charge in [-0.15, -0.1) is 0 Å². The Balaban J connectivity index is 1.97. The van der Waals surface area contributed by atoms with E-state index in [4.69, 9.17) is 0 Å². The third kappa shape index (κ3) is 5.67. The number of hydrogen-bond acceptors (Lipinski definition) is 2. The topological polar surface area (TPSA) is 29.1 Å². The molecule has 2 nitrogen and oxygen atoms in total. The van der Waals surface area contributed by atoms with Gasteiger partial charge in [0.25, 0.3) is 0 Å². The van der Waals surface area contributed by atoms with Crippen LogP contribution in [0.3, 0.4) is 0 Å². The van der Waals surface area contributed by atoms with Crippen LogP contribution in [0.1, 0.15) is 46.0 Å². The molecule has 1 unspecified atom stereocenters. The van der Waals surface area contributed by atoms with E-state index in [0.717, 1.165) is 25.3 Å². The molecule has 1 aliphatic carbocycles. The molecule has 0 spiro atoms. The molecule has 0 aromatic heterocycles. The molecule has 1 atom stereocenters. The molecule has 1 aliphatic rings. The molecule has 3 heteroatoms. The molecule has 0 saturated heterocycles. The highest BCUT2D eigenvalue weighted by molar-refractivity contribution is 7.85. The molecular weight excluding hydrogens is 206 g/mol. The molecule has 90 valence electrons. The Labute approximate surface area is 96.7 Å². The fraction of sp³-hybridized carbons (Fsp3) is 1.00. The van der Waals surface area contributed by atoms with E-state index in [-0.39, 0.29) is 0 Å². The van der Waals surface area contributed by atoms with Crippen LogP contribution in [0.2, 0.25) is 0 Å². The van der Waals surface area contributed by atoms with E-state index < -0.39 is 10.8 Å². The van der Waals surface area contributed by atoms with Crippen LogP contribution in [0.4, 0.5) is 0 Å². The first-order valence-corrected chi connectivity index (χ1v) is 7.66. The van der Waals surface area contributed by atoms with Gasteiger partial charge in [-0.05, 0) is 38.3 Å². The van der Waals surface area contributed by atoms with Crippen molar-refractivity contribution in [3.8, 4) is 0 Å². The molecule has 0 heterocycles. The minimum atomic E-state index is -0.550. The van der Waals surface area contributed by atoms with Crippen molar-refractivity contribution in [2.45, 2.75) is 51.2 Å². The maximum atomic E-state index is 11.8. The first kappa shape index (κ1) is 13.2. The monoisotopic (exact) mass is 231 g/mol. The lowest BCUT2D eigenvalue weighted by Crippen LogP contribution is -2.23. The summed E-state index contributed by atoms with van der Waals surface area (Å²) < 4.78 is 11.8. The fourth-order valence-corrected chi connectivity index (χ4v) is 3.67. The fourth-order valence-electron chi connectivity index (χ4n) is 2.05. The summed E-state index contributed by atoms with van der Waals surface area (Å²) in [5.74, 6) is 1.61. The van der Waals surface area contributed by atoms with E-state index in [2.05, 4.69) is 19.2 Å². The summed E-state index contributed by atoms with van der Waals surface area (Å²) in [4.78, 5) is 0. The van der Waals surface area contributed by atoms with Crippen molar-refractivity contribution in [3.05, 3.63) is 0 Å². The van der Waals surface area contributed by atoms with Gasteiger partial charge in [-0.1, -0.05) is 26.7 Å². The molecule has 0 radical (unpaired) electrons. The predicted molar refractivity (Wildman–Crippen MR) is 67.6 cm³/mol. The van der Waals surface area contributed by atoms with Gasteiger partial charge in [0.05, 0.1) is 0 Å². The molecule has 15 heavy (non-hydrogen) atoms. The summed E-state index contributed by atoms with van der Waals surface area (Å²) in [5, 5.41) is 3.92. The second-order valence-corrected chi connectivity index (χ2v) is 6.78. The van der Waals surface area contributed by atoms with Gasteiger partial charge < -0.3 is 5.32 Å². The normalized spacial score (nSPS) is 19.9. The molecule has 1 rings (SSSR count). The maximum absolute atomic E-state index is 11.8. The van der Waals surface area contributed by atoms with Gasteiger partial charge in [-0.25, -0.2) is 0 Å². The Morgan fingerprint density at radius 1 is 1.33 bits per heavy atom. The van der Waals surface area contributed by atoms with Crippen LogP contribution in [0.5, 0.6) is 0 Å². The smallest absolute Gasteiger partial charge is 0.0348 e. The molecule has 0 aliphatic heterocycles. The average Bonchev–Trinajstić information content (AvgIpc) is 2.69. The Morgan fingerprint density at radius 3 is 2.60 bits per heavy atom. The van der Waals surface area contributed by atoms with Crippen molar-refractivity contribution in [1.82, 2.24) is 5.32 Å². The molecular formula is C12H25NOS. The average molecular weight is 231 g/mol. The van der Waals surface area contributed by atoms with Gasteiger partial charge in [-0.3, -0.25) is 4.21 Å². The van der Waals surface area contributed by atoms with Crippen LogP contribution >= 0.6 is 0 Å². The highest BCUT2D eigenvalue weighted by Crippen LogP contribution is 2.23. The van der Waals surface area contributed by atoms with Crippen molar-refractivity contribution in [2.75, 3.05) is 18.8 Å². The zero-order valence-corrected chi connectivity index (χ0v) is 10.9. The second-order valence-electron chi connectivity index (χ2n) is 4.94. The van der Waals surface area contributed by atoms with Crippen LogP contribution in [0.25, 0.3) is 0 Å². The van der Waals surface area contributed by atoms with Crippen LogP contribution in [-0.2, 0) is 10.8 Å². The van der Waals surface area contributed by atoms with Crippen LogP contribution in [-0.4, -0.2) is 28.3 Å². The van der Waals surface area contributed by atoms with Gasteiger partial charge in [0.2, 0.25) is 0 Å². The molecule has 0 aromatic rings. The van der Waals surface area contributed by atoms with Gasteiger partial charge in [-0.2, -0.15) is 0 Å². The van der Waals surface area contributed by atoms with Gasteiger partial charge in [0, 0.05) is 21.8 Å². The molecule has 1 saturated carbocycles. The lowest BCUT2D eigenvalue weighted by Gasteiger charge is -2.10. The largest absolute Gasteiger partial charge is 0.316 e. The Kier molecular flexibility index (Phi) is 6.50. The number of hydrogen-bond donors (Lipinski definition) is 1. The van der Waals surface area contributed by atoms with Crippen molar-refractivity contribution >= 4 is 10.8 Å². The van der Waals surface area contributed by atoms with Crippen molar-refractivity contribution in [3.63, 3.8) is 0 Å². The third-order valence-electron chi connectivity index (χ3n) is 2.93. The highest BCUT2D eigenvalue weighted by Gasteiger charge is 2.20. The Bertz CT molecular complexity index is 188. The van der Waals surface area contributed by atoms with Crippen LogP contribution in [0, 0.1) is 5.92 Å². The first-order chi connectivity index (χ1) is 7.20. The van der Waals surface area contributed by atoms with Gasteiger partial charge >= 0.3 is 0 Å². The minimum absolute atomic E-state index is 0.523. The summed E-state index contributed by atoms with van der Waals surface area (Å²) in [6, 6.07) is 0. The zero-order chi connectivity index (χ0) is 11.1. The van der Waals surface area contributed by atoms with E-state index in [1.807, 2.05) is 0 Å². The predicted octanol–water partition coefficient (Wildman–Crippen LogP) is 2.31. The molecule has 0 aromatic carbocycles. The second kappa shape index (κ2) is 7.39. The summed E-state index contributed by atoms with van der Waals surface area (Å²) in [6.07, 6.45) is 6.05. The van der Waals surface area contributed by atoms with E-state index in [1.54, 1.807) is 0 Å². The molecule has 1 fully saturated rings. The van der Waals surface area contributed by atoms with E-state index in [1.165, 1.54) is 25.7 Å². The molecule has 1 N–H and O–H groups in total. The maximum Gasteiger partial charge on any atom is 0.0348 e. The highest BCUT2D eigenvalue weighted by atomic mass is 32.2. The molecule has 0 bridgehead atoms. The van der Waals surface area contributed by atoms with Crippen molar-refractivity contribution < 1.29 is 4.21 Å². The summed E-state index contributed by atoms with van der Waals surface area (Å²) in [6.45, 7) is 6.53. The SMILES string of the molecule is CC(C)CNCCCS(=O)C1CCCC1. The summed E-state index contributed by atoms with van der Waals surface area (Å²) in [7, 11) is -0.550. The quantitative estimate of drug-likeness (QED) is 0.681. The van der Waals surface area contributed by atoms with Crippen LogP contribution < -0.4 is 5.32 Å². The molecule has 0 amide bonds. The summed E-state index contributed by atoms with van der Waals surface area (Å²) in [5.41, 5.74) is 0. The Morgan fingerprint density at radius 2 is 2.00 bits per heavy atom. The third-order valence-corrected chi connectivity index (χ3v) is 4.83. The number of nitrogens with one attached hydrogen (secondary N) is 1. The first-order valence-electron chi connectivity index (χ1n) is 6.28. The van der Waals surface area contributed by atoms with Crippen molar-refractivity contribution in [2.24, 2.45) is 5.92 Å². The van der Waals surface area contributed by atoms with Gasteiger partial charge in [0.1, 0.15) is 0 Å². The van der Waals surface area contributed by atoms with Crippen molar-refractivity contribution in [1.29, 1.82) is 0 Å². The van der Waals surface area contributed by atoms with E-state index in [9.17, 15) is 4.21 Å². The summed E-state index contributed by atoms with van der Waals surface area (Å²) >= 11 is 0. The lowest BCUT2D eigenvalue weighted by atomic mass is 10.2. The van der Waals surface area contributed by atoms with Crippen LogP contribution in [0.15, 0.2) is 0 Å². The zero-order valence-electron chi connectivity index (χ0n) is 10.1. The van der Waals surface area contributed by atoms with E-state index >= 15 is 0 Å². The number of rotatable bonds is 7. The lowest BCUT2D eigenvalue weighted by molar-refractivity contribution is 0.550. The Hall–Kier alpha value is 0.110. The van der Waals surface area contributed by atoms with Gasteiger partial charge in [0.15, 0.2) is 0 Å². The standard InChI is InChI=1S/C12H25NOS/c1-11(2)10-13-8-5-9-15(14)12-6-3-4-7-12/h11-13H,3-10H2,1-2H3.